The molecule has 2 rings (SSSR count). The van der Waals surface area contributed by atoms with E-state index in [9.17, 15) is 9.59 Å². The van der Waals surface area contributed by atoms with Crippen molar-refractivity contribution < 1.29 is 9.59 Å². The first-order valence-corrected chi connectivity index (χ1v) is 10.8. The van der Waals surface area contributed by atoms with Crippen molar-refractivity contribution in [2.75, 3.05) is 12.8 Å². The second kappa shape index (κ2) is 10.9. The quantitative estimate of drug-likeness (QED) is 0.692. The van der Waals surface area contributed by atoms with E-state index in [0.717, 1.165) is 11.3 Å². The van der Waals surface area contributed by atoms with Gasteiger partial charge in [-0.25, -0.2) is 0 Å². The minimum atomic E-state index is -0.459. The Labute approximate surface area is 172 Å². The Morgan fingerprint density at radius 1 is 0.964 bits per heavy atom. The fourth-order valence-electron chi connectivity index (χ4n) is 3.00. The third-order valence-corrected chi connectivity index (χ3v) is 5.71. The van der Waals surface area contributed by atoms with Gasteiger partial charge in [0.25, 0.3) is 0 Å². The number of benzene rings is 2. The average molecular weight is 399 g/mol. The Hall–Kier alpha value is -2.27. The molecule has 1 N–H and O–H groups in total. The molecule has 0 heterocycles. The van der Waals surface area contributed by atoms with Crippen LogP contribution in [0.1, 0.15) is 35.6 Å². The highest BCUT2D eigenvalue weighted by Gasteiger charge is 2.27. The summed E-state index contributed by atoms with van der Waals surface area (Å²) in [7, 11) is 1.62. The van der Waals surface area contributed by atoms with Crippen LogP contribution in [0, 0.1) is 13.8 Å². The largest absolute Gasteiger partial charge is 0.357 e. The summed E-state index contributed by atoms with van der Waals surface area (Å²) in [5, 5.41) is 2.69. The number of carbonyl (C=O) groups excluding carboxylic acids is 2. The van der Waals surface area contributed by atoms with Crippen LogP contribution >= 0.6 is 11.8 Å². The van der Waals surface area contributed by atoms with E-state index < -0.39 is 6.04 Å². The molecule has 0 unspecified atom stereocenters. The number of aryl methyl sites for hydroxylation is 2. The van der Waals surface area contributed by atoms with Gasteiger partial charge in [0.2, 0.25) is 11.8 Å². The Balaban J connectivity index is 2.07. The highest BCUT2D eigenvalue weighted by Crippen LogP contribution is 2.18. The fraction of sp³-hybridized carbons (Fsp3) is 0.391. The minimum absolute atomic E-state index is 0.00635. The van der Waals surface area contributed by atoms with Gasteiger partial charge in [-0.2, -0.15) is 0 Å². The highest BCUT2D eigenvalue weighted by molar-refractivity contribution is 7.99. The van der Waals surface area contributed by atoms with Crippen LogP contribution < -0.4 is 5.32 Å². The zero-order valence-electron chi connectivity index (χ0n) is 17.2. The number of hydrogen-bond donors (Lipinski definition) is 1. The predicted molar refractivity (Wildman–Crippen MR) is 117 cm³/mol. The molecule has 0 aliphatic heterocycles. The molecule has 0 saturated carbocycles. The third kappa shape index (κ3) is 6.41. The molecule has 0 spiro atoms. The summed E-state index contributed by atoms with van der Waals surface area (Å²) in [4.78, 5) is 27.1. The zero-order chi connectivity index (χ0) is 20.5. The van der Waals surface area contributed by atoms with Crippen molar-refractivity contribution in [2.24, 2.45) is 0 Å². The van der Waals surface area contributed by atoms with E-state index in [0.29, 0.717) is 18.7 Å². The van der Waals surface area contributed by atoms with Gasteiger partial charge in [-0.05, 0) is 31.4 Å². The smallest absolute Gasteiger partial charge is 0.242 e. The van der Waals surface area contributed by atoms with E-state index in [4.69, 9.17) is 0 Å². The lowest BCUT2D eigenvalue weighted by atomic mass is 10.1. The molecule has 5 heteroatoms. The maximum Gasteiger partial charge on any atom is 0.242 e. The van der Waals surface area contributed by atoms with Gasteiger partial charge in [-0.3, -0.25) is 9.59 Å². The molecule has 2 aromatic rings. The summed E-state index contributed by atoms with van der Waals surface area (Å²) in [6.45, 7) is 6.48. The third-order valence-electron chi connectivity index (χ3n) is 4.72. The fourth-order valence-corrected chi connectivity index (χ4v) is 3.87. The second-order valence-electron chi connectivity index (χ2n) is 7.02. The van der Waals surface area contributed by atoms with Crippen molar-refractivity contribution >= 4 is 23.6 Å². The molecule has 0 bridgehead atoms. The number of carbonyl (C=O) groups is 2. The molecule has 1 atom stereocenters. The van der Waals surface area contributed by atoms with Crippen molar-refractivity contribution in [2.45, 2.75) is 45.5 Å². The number of likely N-dealkylation sites (N-methyl/N-ethyl adjacent to an activating group) is 1. The summed E-state index contributed by atoms with van der Waals surface area (Å²) in [5.74, 6) is 1.01. The number of nitrogens with one attached hydrogen (secondary N) is 1. The number of nitrogens with zero attached hydrogens (tertiary/aromatic N) is 1. The van der Waals surface area contributed by atoms with Gasteiger partial charge >= 0.3 is 0 Å². The molecule has 0 aromatic heterocycles. The normalized spacial score (nSPS) is 11.7. The lowest BCUT2D eigenvalue weighted by Gasteiger charge is -2.30. The lowest BCUT2D eigenvalue weighted by molar-refractivity contribution is -0.139. The van der Waals surface area contributed by atoms with E-state index in [-0.39, 0.29) is 11.8 Å². The average Bonchev–Trinajstić information content (AvgIpc) is 2.70. The monoisotopic (exact) mass is 398 g/mol. The SMILES string of the molecule is CC[C@@H](C(=O)NC)N(Cc1ccc(C)cc1)C(=O)CSCc1ccc(C)cc1. The first-order valence-electron chi connectivity index (χ1n) is 9.64. The minimum Gasteiger partial charge on any atom is -0.357 e. The van der Waals surface area contributed by atoms with Gasteiger partial charge in [0, 0.05) is 19.3 Å². The second-order valence-corrected chi connectivity index (χ2v) is 8.01. The van der Waals surface area contributed by atoms with Gasteiger partial charge < -0.3 is 10.2 Å². The van der Waals surface area contributed by atoms with Gasteiger partial charge in [0.1, 0.15) is 6.04 Å². The standard InChI is InChI=1S/C23H30N2O2S/c1-5-21(23(27)24-4)25(14-19-10-6-17(2)7-11-19)22(26)16-28-15-20-12-8-18(3)9-13-20/h6-13,21H,5,14-16H2,1-4H3,(H,24,27)/t21-/m0/s1. The number of rotatable bonds is 9. The Morgan fingerprint density at radius 2 is 1.50 bits per heavy atom. The van der Waals surface area contributed by atoms with Crippen molar-refractivity contribution in [3.63, 3.8) is 0 Å². The van der Waals surface area contributed by atoms with Gasteiger partial charge in [0.05, 0.1) is 5.75 Å². The molecule has 0 radical (unpaired) electrons. The molecule has 0 saturated heterocycles. The summed E-state index contributed by atoms with van der Waals surface area (Å²) in [5.41, 5.74) is 4.63. The van der Waals surface area contributed by atoms with Crippen LogP contribution in [-0.2, 0) is 21.9 Å². The maximum absolute atomic E-state index is 13.0. The summed E-state index contributed by atoms with van der Waals surface area (Å²) in [6.07, 6.45) is 0.583. The number of thioether (sulfide) groups is 1. The van der Waals surface area contributed by atoms with Crippen LogP contribution in [0.3, 0.4) is 0 Å². The van der Waals surface area contributed by atoms with E-state index in [1.54, 1.807) is 23.7 Å². The van der Waals surface area contributed by atoms with Crippen molar-refractivity contribution in [1.82, 2.24) is 10.2 Å². The molecular weight excluding hydrogens is 368 g/mol. The molecule has 2 aromatic carbocycles. The van der Waals surface area contributed by atoms with Crippen LogP contribution in [0.4, 0.5) is 0 Å². The topological polar surface area (TPSA) is 49.4 Å². The van der Waals surface area contributed by atoms with Crippen molar-refractivity contribution in [3.8, 4) is 0 Å². The Morgan fingerprint density at radius 3 is 2.00 bits per heavy atom. The van der Waals surface area contributed by atoms with Crippen LogP contribution in [-0.4, -0.2) is 35.6 Å². The first kappa shape index (κ1) is 22.0. The summed E-state index contributed by atoms with van der Waals surface area (Å²) < 4.78 is 0. The summed E-state index contributed by atoms with van der Waals surface area (Å²) >= 11 is 1.59. The molecule has 0 fully saturated rings. The van der Waals surface area contributed by atoms with E-state index >= 15 is 0 Å². The molecule has 4 nitrogen and oxygen atoms in total. The molecular formula is C23H30N2O2S. The lowest BCUT2D eigenvalue weighted by Crippen LogP contribution is -2.48. The maximum atomic E-state index is 13.0. The first-order chi connectivity index (χ1) is 13.4. The van der Waals surface area contributed by atoms with E-state index in [1.807, 2.05) is 38.1 Å². The van der Waals surface area contributed by atoms with E-state index in [1.165, 1.54) is 16.7 Å². The number of hydrogen-bond acceptors (Lipinski definition) is 3. The van der Waals surface area contributed by atoms with Gasteiger partial charge in [-0.1, -0.05) is 66.6 Å². The van der Waals surface area contributed by atoms with Gasteiger partial charge in [-0.15, -0.1) is 11.8 Å². The van der Waals surface area contributed by atoms with Crippen LogP contribution in [0.5, 0.6) is 0 Å². The molecule has 0 aliphatic carbocycles. The van der Waals surface area contributed by atoms with Crippen LogP contribution in [0.15, 0.2) is 48.5 Å². The zero-order valence-corrected chi connectivity index (χ0v) is 18.0. The van der Waals surface area contributed by atoms with Gasteiger partial charge in [0.15, 0.2) is 0 Å². The molecule has 0 aliphatic rings. The Kier molecular flexibility index (Phi) is 8.58. The van der Waals surface area contributed by atoms with Crippen molar-refractivity contribution in [1.29, 1.82) is 0 Å². The van der Waals surface area contributed by atoms with Crippen LogP contribution in [0.2, 0.25) is 0 Å². The molecule has 28 heavy (non-hydrogen) atoms. The number of amides is 2. The summed E-state index contributed by atoms with van der Waals surface area (Å²) in [6, 6.07) is 16.0. The predicted octanol–water partition coefficient (Wildman–Crippen LogP) is 4.09. The van der Waals surface area contributed by atoms with Crippen molar-refractivity contribution in [3.05, 3.63) is 70.8 Å². The Bertz CT molecular complexity index is 772. The van der Waals surface area contributed by atoms with E-state index in [2.05, 4.69) is 36.5 Å². The highest BCUT2D eigenvalue weighted by atomic mass is 32.2. The molecule has 150 valence electrons. The molecule has 2 amide bonds. The van der Waals surface area contributed by atoms with Crippen LogP contribution in [0.25, 0.3) is 0 Å².